The normalized spacial score (nSPS) is 11.2. The van der Waals surface area contributed by atoms with E-state index in [-0.39, 0.29) is 5.97 Å². The second-order valence-electron chi connectivity index (χ2n) is 5.21. The van der Waals surface area contributed by atoms with E-state index in [1.807, 2.05) is 47.0 Å². The molecule has 113 valence electrons. The van der Waals surface area contributed by atoms with Gasteiger partial charge in [0.1, 0.15) is 5.69 Å². The van der Waals surface area contributed by atoms with E-state index < -0.39 is 0 Å². The van der Waals surface area contributed by atoms with Gasteiger partial charge in [0.2, 0.25) is 0 Å². The number of hydrogen-bond donors (Lipinski definition) is 1. The Balaban J connectivity index is 1.99. The van der Waals surface area contributed by atoms with Crippen LogP contribution in [0.15, 0.2) is 48.7 Å². The second-order valence-corrected chi connectivity index (χ2v) is 5.21. The Kier molecular flexibility index (Phi) is 3.12. The molecule has 1 radical (unpaired) electrons. The van der Waals surface area contributed by atoms with E-state index in [1.165, 1.54) is 0 Å². The molecular formula is C18H14N3O2. The maximum Gasteiger partial charge on any atom is 0.355 e. The minimum atomic E-state index is -0.337. The van der Waals surface area contributed by atoms with Crippen molar-refractivity contribution in [2.24, 2.45) is 0 Å². The molecule has 2 aromatic carbocycles. The van der Waals surface area contributed by atoms with Crippen molar-refractivity contribution in [2.75, 3.05) is 6.61 Å². The topological polar surface area (TPSA) is 59.9 Å². The third-order valence-electron chi connectivity index (χ3n) is 3.81. The van der Waals surface area contributed by atoms with Gasteiger partial charge in [-0.05, 0) is 49.4 Å². The van der Waals surface area contributed by atoms with E-state index >= 15 is 0 Å². The smallest absolute Gasteiger partial charge is 0.355 e. The van der Waals surface area contributed by atoms with Crippen LogP contribution in [0.5, 0.6) is 0 Å². The monoisotopic (exact) mass is 304 g/mol. The van der Waals surface area contributed by atoms with Crippen molar-refractivity contribution in [1.29, 1.82) is 0 Å². The number of rotatable bonds is 3. The second kappa shape index (κ2) is 5.28. The summed E-state index contributed by atoms with van der Waals surface area (Å²) < 4.78 is 7.11. The number of benzene rings is 2. The zero-order chi connectivity index (χ0) is 15.8. The number of nitrogens with one attached hydrogen (secondary N) is 1. The number of hydrogen-bond acceptors (Lipinski definition) is 3. The summed E-state index contributed by atoms with van der Waals surface area (Å²) in [5.74, 6) is -0.337. The summed E-state index contributed by atoms with van der Waals surface area (Å²) in [5.41, 5.74) is 3.29. The molecule has 0 aliphatic heterocycles. The third-order valence-corrected chi connectivity index (χ3v) is 3.81. The molecule has 0 bridgehead atoms. The molecule has 0 saturated heterocycles. The highest BCUT2D eigenvalue weighted by atomic mass is 16.5. The van der Waals surface area contributed by atoms with E-state index in [1.54, 1.807) is 13.1 Å². The van der Waals surface area contributed by atoms with Crippen molar-refractivity contribution in [3.63, 3.8) is 0 Å². The highest BCUT2D eigenvalue weighted by molar-refractivity contribution is 5.97. The lowest BCUT2D eigenvalue weighted by Crippen LogP contribution is -2.10. The van der Waals surface area contributed by atoms with Crippen LogP contribution in [0.3, 0.4) is 0 Å². The van der Waals surface area contributed by atoms with Gasteiger partial charge in [-0.3, -0.25) is 5.10 Å². The Morgan fingerprint density at radius 3 is 3.09 bits per heavy atom. The first-order valence-corrected chi connectivity index (χ1v) is 7.40. The molecule has 0 aliphatic carbocycles. The van der Waals surface area contributed by atoms with Crippen molar-refractivity contribution in [2.45, 2.75) is 6.92 Å². The van der Waals surface area contributed by atoms with Gasteiger partial charge >= 0.3 is 5.97 Å². The lowest BCUT2D eigenvalue weighted by Gasteiger charge is -2.10. The fourth-order valence-electron chi connectivity index (χ4n) is 2.80. The highest BCUT2D eigenvalue weighted by Gasteiger charge is 2.18. The number of nitrogens with zero attached hydrogens (tertiary/aromatic N) is 2. The molecule has 5 heteroatoms. The van der Waals surface area contributed by atoms with E-state index in [9.17, 15) is 4.79 Å². The van der Waals surface area contributed by atoms with Gasteiger partial charge in [0.15, 0.2) is 0 Å². The van der Waals surface area contributed by atoms with Gasteiger partial charge in [-0.25, -0.2) is 4.79 Å². The van der Waals surface area contributed by atoms with Crippen molar-refractivity contribution in [3.05, 3.63) is 60.4 Å². The molecule has 0 atom stereocenters. The highest BCUT2D eigenvalue weighted by Crippen LogP contribution is 2.26. The summed E-state index contributed by atoms with van der Waals surface area (Å²) in [6.07, 6.45) is 1.77. The first-order chi connectivity index (χ1) is 11.3. The molecule has 4 aromatic rings. The van der Waals surface area contributed by atoms with Gasteiger partial charge in [-0.15, -0.1) is 0 Å². The van der Waals surface area contributed by atoms with Crippen molar-refractivity contribution in [3.8, 4) is 5.69 Å². The number of H-pyrrole nitrogens is 1. The molecule has 0 amide bonds. The minimum Gasteiger partial charge on any atom is -0.461 e. The fourth-order valence-corrected chi connectivity index (χ4v) is 2.80. The molecule has 4 rings (SSSR count). The van der Waals surface area contributed by atoms with Crippen LogP contribution in [0.1, 0.15) is 17.4 Å². The van der Waals surface area contributed by atoms with Crippen LogP contribution in [0, 0.1) is 6.07 Å². The molecule has 23 heavy (non-hydrogen) atoms. The molecule has 0 aliphatic rings. The number of ether oxygens (including phenoxy) is 1. The van der Waals surface area contributed by atoms with Crippen LogP contribution < -0.4 is 0 Å². The van der Waals surface area contributed by atoms with Crippen LogP contribution >= 0.6 is 0 Å². The van der Waals surface area contributed by atoms with Gasteiger partial charge in [0.25, 0.3) is 0 Å². The molecule has 0 fully saturated rings. The number of aromatic nitrogens is 3. The molecule has 2 heterocycles. The maximum absolute atomic E-state index is 12.4. The van der Waals surface area contributed by atoms with Crippen molar-refractivity contribution >= 4 is 27.8 Å². The summed E-state index contributed by atoms with van der Waals surface area (Å²) in [6.45, 7) is 2.14. The SMILES string of the molecule is CCOC(=O)c1cc2c[c]ccc2n1-c1ccc2[nH]ncc2c1. The average molecular weight is 304 g/mol. The van der Waals surface area contributed by atoms with E-state index in [4.69, 9.17) is 4.74 Å². The standard InChI is InChI=1S/C18H14N3O2/c1-2-23-18(22)17-10-12-5-3-4-6-16(12)21(17)14-7-8-15-13(9-14)11-19-20-15/h4-11H,2H2,1H3,(H,19,20). The predicted molar refractivity (Wildman–Crippen MR) is 87.7 cm³/mol. The van der Waals surface area contributed by atoms with E-state index in [0.717, 1.165) is 27.5 Å². The average Bonchev–Trinajstić information content (AvgIpc) is 3.18. The van der Waals surface area contributed by atoms with Crippen LogP contribution in [0.4, 0.5) is 0 Å². The maximum atomic E-state index is 12.4. The third kappa shape index (κ3) is 2.17. The zero-order valence-electron chi connectivity index (χ0n) is 12.5. The first-order valence-electron chi connectivity index (χ1n) is 7.40. The van der Waals surface area contributed by atoms with Crippen LogP contribution in [0.2, 0.25) is 0 Å². The Hall–Kier alpha value is -3.08. The largest absolute Gasteiger partial charge is 0.461 e. The van der Waals surface area contributed by atoms with E-state index in [2.05, 4.69) is 16.3 Å². The van der Waals surface area contributed by atoms with Gasteiger partial charge in [-0.2, -0.15) is 5.10 Å². The Labute approximate surface area is 132 Å². The van der Waals surface area contributed by atoms with Gasteiger partial charge < -0.3 is 9.30 Å². The molecule has 0 unspecified atom stereocenters. The molecule has 2 aromatic heterocycles. The molecule has 5 nitrogen and oxygen atoms in total. The summed E-state index contributed by atoms with van der Waals surface area (Å²) >= 11 is 0. The Bertz CT molecular complexity index is 1010. The fraction of sp³-hybridized carbons (Fsp3) is 0.111. The Morgan fingerprint density at radius 1 is 1.30 bits per heavy atom. The van der Waals surface area contributed by atoms with Crippen LogP contribution in [-0.4, -0.2) is 27.3 Å². The molecule has 0 saturated carbocycles. The number of aromatic amines is 1. The summed E-state index contributed by atoms with van der Waals surface area (Å²) in [4.78, 5) is 12.4. The van der Waals surface area contributed by atoms with Crippen LogP contribution in [0.25, 0.3) is 27.5 Å². The van der Waals surface area contributed by atoms with Gasteiger partial charge in [0.05, 0.1) is 23.8 Å². The summed E-state index contributed by atoms with van der Waals surface area (Å²) in [7, 11) is 0. The molecule has 0 spiro atoms. The van der Waals surface area contributed by atoms with Gasteiger partial charge in [0, 0.05) is 16.5 Å². The van der Waals surface area contributed by atoms with E-state index in [0.29, 0.717) is 12.3 Å². The lowest BCUT2D eigenvalue weighted by molar-refractivity contribution is 0.0517. The number of carbonyl (C=O) groups is 1. The van der Waals surface area contributed by atoms with Crippen molar-refractivity contribution < 1.29 is 9.53 Å². The van der Waals surface area contributed by atoms with Gasteiger partial charge in [-0.1, -0.05) is 6.07 Å². The zero-order valence-corrected chi connectivity index (χ0v) is 12.5. The van der Waals surface area contributed by atoms with Crippen molar-refractivity contribution in [1.82, 2.24) is 14.8 Å². The number of esters is 1. The quantitative estimate of drug-likeness (QED) is 0.589. The minimum absolute atomic E-state index is 0.337. The number of carbonyl (C=O) groups excluding carboxylic acids is 1. The Morgan fingerprint density at radius 2 is 2.22 bits per heavy atom. The number of fused-ring (bicyclic) bond motifs is 2. The summed E-state index contributed by atoms with van der Waals surface area (Å²) in [5, 5.41) is 8.91. The van der Waals surface area contributed by atoms with Crippen LogP contribution in [-0.2, 0) is 4.74 Å². The summed E-state index contributed by atoms with van der Waals surface area (Å²) in [6, 6.07) is 16.4. The molecular weight excluding hydrogens is 290 g/mol. The first kappa shape index (κ1) is 13.6. The molecule has 1 N–H and O–H groups in total. The predicted octanol–water partition coefficient (Wildman–Crippen LogP) is 3.48. The lowest BCUT2D eigenvalue weighted by atomic mass is 10.2.